The summed E-state index contributed by atoms with van der Waals surface area (Å²) in [5, 5.41) is 23.5. The number of aliphatic hydroxyl groups excluding tert-OH is 2. The lowest BCUT2D eigenvalue weighted by Crippen LogP contribution is -2.55. The van der Waals surface area contributed by atoms with Gasteiger partial charge >= 0.3 is 0 Å². The lowest BCUT2D eigenvalue weighted by atomic mass is 9.77. The molecule has 4 rings (SSSR count). The summed E-state index contributed by atoms with van der Waals surface area (Å²) in [4.78, 5) is 39.6. The largest absolute Gasteiger partial charge is 0.493 e. The van der Waals surface area contributed by atoms with Crippen molar-refractivity contribution in [1.82, 2.24) is 10.2 Å². The number of nitrogens with zero attached hydrogens (tertiary/aromatic N) is 1. The zero-order valence-electron chi connectivity index (χ0n) is 20.6. The van der Waals surface area contributed by atoms with Crippen LogP contribution in [0.2, 0.25) is 0 Å². The Balaban J connectivity index is 1.80. The molecule has 3 N–H and O–H groups in total. The van der Waals surface area contributed by atoms with Crippen molar-refractivity contribution in [2.24, 2.45) is 0 Å². The van der Waals surface area contributed by atoms with Crippen molar-refractivity contribution in [2.75, 3.05) is 34.0 Å². The first-order valence-electron chi connectivity index (χ1n) is 11.9. The molecule has 0 saturated heterocycles. The molecule has 0 fully saturated rings. The van der Waals surface area contributed by atoms with E-state index >= 15 is 0 Å². The van der Waals surface area contributed by atoms with Crippen LogP contribution in [0.15, 0.2) is 46.8 Å². The van der Waals surface area contributed by atoms with Gasteiger partial charge in [0, 0.05) is 42.5 Å². The zero-order valence-corrected chi connectivity index (χ0v) is 20.6. The molecule has 1 aliphatic carbocycles. The molecule has 2 heterocycles. The predicted molar refractivity (Wildman–Crippen MR) is 129 cm³/mol. The van der Waals surface area contributed by atoms with Crippen LogP contribution < -0.4 is 14.8 Å². The maximum Gasteiger partial charge on any atom is 0.247 e. The number of carbonyl (C=O) groups excluding carboxylic acids is 3. The number of amides is 2. The number of hydrogen-bond acceptors (Lipinski definition) is 9. The molecule has 0 spiro atoms. The Kier molecular flexibility index (Phi) is 8.27. The van der Waals surface area contributed by atoms with E-state index in [1.807, 2.05) is 0 Å². The SMILES string of the molecule is COCCC(=O)N(Cc1ccoc1)[C@@H]1C=C(C(=O)NCCO)[C@@H]2c3cc(C=O)cc(OC)c3O[C@@H]2[C@H]1O. The summed E-state index contributed by atoms with van der Waals surface area (Å²) in [6.45, 7) is 0.0394. The molecule has 1 aromatic heterocycles. The van der Waals surface area contributed by atoms with Crippen LogP contribution in [0.4, 0.5) is 0 Å². The summed E-state index contributed by atoms with van der Waals surface area (Å²) in [6, 6.07) is 3.90. The van der Waals surface area contributed by atoms with Crippen LogP contribution in [-0.4, -0.2) is 85.4 Å². The quantitative estimate of drug-likeness (QED) is 0.370. The summed E-state index contributed by atoms with van der Waals surface area (Å²) in [5.41, 5.74) is 1.78. The second-order valence-corrected chi connectivity index (χ2v) is 8.80. The van der Waals surface area contributed by atoms with E-state index in [-0.39, 0.29) is 44.2 Å². The van der Waals surface area contributed by atoms with Crippen molar-refractivity contribution in [1.29, 1.82) is 0 Å². The van der Waals surface area contributed by atoms with Crippen molar-refractivity contribution >= 4 is 18.1 Å². The van der Waals surface area contributed by atoms with E-state index in [4.69, 9.17) is 18.6 Å². The first-order chi connectivity index (χ1) is 17.9. The Morgan fingerprint density at radius 1 is 1.27 bits per heavy atom. The normalized spacial score (nSPS) is 21.8. The number of rotatable bonds is 11. The lowest BCUT2D eigenvalue weighted by Gasteiger charge is -2.40. The van der Waals surface area contributed by atoms with Gasteiger partial charge in [-0.2, -0.15) is 0 Å². The van der Waals surface area contributed by atoms with Crippen molar-refractivity contribution in [3.63, 3.8) is 0 Å². The van der Waals surface area contributed by atoms with Crippen molar-refractivity contribution in [3.05, 3.63) is 59.1 Å². The summed E-state index contributed by atoms with van der Waals surface area (Å²) >= 11 is 0. The highest BCUT2D eigenvalue weighted by molar-refractivity contribution is 5.96. The van der Waals surface area contributed by atoms with Crippen molar-refractivity contribution in [3.8, 4) is 11.5 Å². The molecular weight excluding hydrogens is 484 g/mol. The smallest absolute Gasteiger partial charge is 0.247 e. The second kappa shape index (κ2) is 11.6. The molecule has 37 heavy (non-hydrogen) atoms. The summed E-state index contributed by atoms with van der Waals surface area (Å²) in [6.07, 6.45) is 3.09. The fourth-order valence-electron chi connectivity index (χ4n) is 4.83. The first kappa shape index (κ1) is 26.4. The van der Waals surface area contributed by atoms with E-state index in [9.17, 15) is 24.6 Å². The monoisotopic (exact) mass is 514 g/mol. The highest BCUT2D eigenvalue weighted by Gasteiger charge is 2.51. The minimum Gasteiger partial charge on any atom is -0.493 e. The Labute approximate surface area is 213 Å². The number of aliphatic hydroxyl groups is 2. The van der Waals surface area contributed by atoms with Gasteiger partial charge in [-0.25, -0.2) is 0 Å². The molecule has 2 amide bonds. The van der Waals surface area contributed by atoms with Gasteiger partial charge in [0.2, 0.25) is 11.8 Å². The third-order valence-corrected chi connectivity index (χ3v) is 6.54. The van der Waals surface area contributed by atoms with Crippen molar-refractivity contribution < 1.29 is 43.2 Å². The van der Waals surface area contributed by atoms with Crippen LogP contribution in [0, 0.1) is 0 Å². The van der Waals surface area contributed by atoms with Gasteiger partial charge in [0.1, 0.15) is 18.5 Å². The zero-order chi connectivity index (χ0) is 26.5. The number of furan rings is 1. The Morgan fingerprint density at radius 2 is 2.08 bits per heavy atom. The van der Waals surface area contributed by atoms with Crippen LogP contribution in [0.3, 0.4) is 0 Å². The molecule has 1 aromatic carbocycles. The fraction of sp³-hybridized carbons (Fsp3) is 0.423. The van der Waals surface area contributed by atoms with E-state index < -0.39 is 30.1 Å². The molecule has 198 valence electrons. The molecule has 2 aromatic rings. The van der Waals surface area contributed by atoms with Crippen LogP contribution in [0.5, 0.6) is 11.5 Å². The Hall–Kier alpha value is -3.67. The molecule has 4 atom stereocenters. The molecule has 2 aliphatic rings. The molecule has 0 bridgehead atoms. The minimum atomic E-state index is -1.23. The van der Waals surface area contributed by atoms with Gasteiger partial charge < -0.3 is 39.1 Å². The van der Waals surface area contributed by atoms with Crippen LogP contribution in [-0.2, 0) is 20.9 Å². The number of methoxy groups -OCH3 is 2. The number of ether oxygens (including phenoxy) is 3. The third kappa shape index (κ3) is 5.24. The van der Waals surface area contributed by atoms with Crippen LogP contribution >= 0.6 is 0 Å². The average Bonchev–Trinajstić information content (AvgIpc) is 3.57. The maximum absolute atomic E-state index is 13.3. The molecule has 11 nitrogen and oxygen atoms in total. The van der Waals surface area contributed by atoms with Gasteiger partial charge in [-0.05, 0) is 24.3 Å². The molecule has 1 aliphatic heterocycles. The van der Waals surface area contributed by atoms with Gasteiger partial charge in [-0.15, -0.1) is 0 Å². The highest BCUT2D eigenvalue weighted by atomic mass is 16.5. The van der Waals surface area contributed by atoms with Gasteiger partial charge in [0.05, 0.1) is 51.2 Å². The first-order valence-corrected chi connectivity index (χ1v) is 11.9. The third-order valence-electron chi connectivity index (χ3n) is 6.54. The van der Waals surface area contributed by atoms with Gasteiger partial charge in [-0.1, -0.05) is 0 Å². The number of hydrogen-bond donors (Lipinski definition) is 3. The number of benzene rings is 1. The lowest BCUT2D eigenvalue weighted by molar-refractivity contribution is -0.139. The number of carbonyl (C=O) groups is 3. The van der Waals surface area contributed by atoms with E-state index in [1.165, 1.54) is 37.7 Å². The second-order valence-electron chi connectivity index (χ2n) is 8.80. The minimum absolute atomic E-state index is 0.0116. The molecule has 0 radical (unpaired) electrons. The van der Waals surface area contributed by atoms with E-state index in [1.54, 1.807) is 18.2 Å². The van der Waals surface area contributed by atoms with Crippen LogP contribution in [0.25, 0.3) is 0 Å². The fourth-order valence-corrected chi connectivity index (χ4v) is 4.83. The summed E-state index contributed by atoms with van der Waals surface area (Å²) < 4.78 is 21.8. The average molecular weight is 515 g/mol. The van der Waals surface area contributed by atoms with E-state index in [0.29, 0.717) is 34.5 Å². The molecule has 11 heteroatoms. The number of aldehydes is 1. The summed E-state index contributed by atoms with van der Waals surface area (Å²) in [7, 11) is 2.92. The Morgan fingerprint density at radius 3 is 2.73 bits per heavy atom. The van der Waals surface area contributed by atoms with Gasteiger partial charge in [-0.3, -0.25) is 14.4 Å². The van der Waals surface area contributed by atoms with Gasteiger partial charge in [0.15, 0.2) is 11.5 Å². The maximum atomic E-state index is 13.3. The molecule has 0 saturated carbocycles. The highest BCUT2D eigenvalue weighted by Crippen LogP contribution is 2.51. The Bertz CT molecular complexity index is 1160. The molecular formula is C26H30N2O9. The number of nitrogens with one attached hydrogen (secondary N) is 1. The molecule has 0 unspecified atom stereocenters. The van der Waals surface area contributed by atoms with Crippen LogP contribution in [0.1, 0.15) is 33.8 Å². The van der Waals surface area contributed by atoms with Gasteiger partial charge in [0.25, 0.3) is 0 Å². The van der Waals surface area contributed by atoms with E-state index in [2.05, 4.69) is 5.32 Å². The summed E-state index contributed by atoms with van der Waals surface area (Å²) in [5.74, 6) is -0.914. The van der Waals surface area contributed by atoms with Crippen molar-refractivity contribution in [2.45, 2.75) is 37.1 Å². The predicted octanol–water partition coefficient (Wildman–Crippen LogP) is 0.789. The van der Waals surface area contributed by atoms with E-state index in [0.717, 1.165) is 0 Å². The standard InChI is InChI=1S/C26H30N2O9/c1-34-7-4-21(31)28(12-15-3-8-36-14-15)19-11-18(26(33)27-5-6-29)22-17-9-16(13-30)10-20(35-2)24(17)37-25(22)23(19)32/h3,8-11,13-14,19,22-23,25,29,32H,4-7,12H2,1-2H3,(H,27,33)/t19-,22+,23+,25+/m1/s1. The number of fused-ring (bicyclic) bond motifs is 3. The topological polar surface area (TPSA) is 148 Å².